The maximum Gasteiger partial charge on any atom is 0.219 e. The molecule has 0 radical (unpaired) electrons. The second-order valence-electron chi connectivity index (χ2n) is 2.40. The topological polar surface area (TPSA) is 24.7 Å². The third-order valence-electron chi connectivity index (χ3n) is 1.58. The molecule has 2 nitrogen and oxygen atoms in total. The molecule has 3 heteroatoms. The van der Waals surface area contributed by atoms with Crippen molar-refractivity contribution in [1.82, 2.24) is 0 Å². The van der Waals surface area contributed by atoms with Crippen molar-refractivity contribution in [3.63, 3.8) is 0 Å². The summed E-state index contributed by atoms with van der Waals surface area (Å²) in [5.74, 6) is 0. The van der Waals surface area contributed by atoms with Crippen LogP contribution in [-0.4, -0.2) is 17.0 Å². The number of benzene rings is 1. The van der Waals surface area contributed by atoms with E-state index in [1.165, 1.54) is 0 Å². The molecular weight excluding hydrogens is 168 g/mol. The molecule has 0 N–H and O–H groups in total. The van der Waals surface area contributed by atoms with Crippen LogP contribution < -0.4 is 0 Å². The summed E-state index contributed by atoms with van der Waals surface area (Å²) in [7, 11) is 0. The van der Waals surface area contributed by atoms with Gasteiger partial charge in [-0.25, -0.2) is 9.98 Å². The standard InChI is InChI=1S/C9H6N2S/c12-9-10-6-8(11-9)7-4-2-1-3-5-7/h1-6H. The van der Waals surface area contributed by atoms with Crippen LogP contribution in [0.4, 0.5) is 0 Å². The Balaban J connectivity index is 2.40. The lowest BCUT2D eigenvalue weighted by molar-refractivity contribution is 1.63. The molecule has 0 saturated carbocycles. The Bertz CT molecular complexity index is 365. The first-order valence-electron chi connectivity index (χ1n) is 3.58. The van der Waals surface area contributed by atoms with Gasteiger partial charge in [0.05, 0.1) is 11.9 Å². The Hall–Kier alpha value is -1.35. The van der Waals surface area contributed by atoms with Gasteiger partial charge in [0.2, 0.25) is 5.11 Å². The molecule has 0 amide bonds. The van der Waals surface area contributed by atoms with Crippen LogP contribution in [0.3, 0.4) is 0 Å². The highest BCUT2D eigenvalue weighted by molar-refractivity contribution is 7.80. The van der Waals surface area contributed by atoms with Crippen LogP contribution in [0.2, 0.25) is 0 Å². The van der Waals surface area contributed by atoms with Crippen LogP contribution >= 0.6 is 12.2 Å². The highest BCUT2D eigenvalue weighted by Crippen LogP contribution is 2.04. The average Bonchev–Trinajstić information content (AvgIpc) is 2.54. The molecule has 1 aromatic carbocycles. The lowest BCUT2D eigenvalue weighted by atomic mass is 10.1. The number of hydrogen-bond acceptors (Lipinski definition) is 1. The minimum atomic E-state index is 0.411. The van der Waals surface area contributed by atoms with Crippen molar-refractivity contribution in [3.8, 4) is 0 Å². The normalized spacial score (nSPS) is 15.0. The molecule has 1 aliphatic heterocycles. The second-order valence-corrected chi connectivity index (χ2v) is 2.77. The van der Waals surface area contributed by atoms with E-state index in [0.29, 0.717) is 5.11 Å². The summed E-state index contributed by atoms with van der Waals surface area (Å²) in [5.41, 5.74) is 1.90. The molecule has 0 aromatic heterocycles. The molecule has 12 heavy (non-hydrogen) atoms. The quantitative estimate of drug-likeness (QED) is 0.596. The van der Waals surface area contributed by atoms with Crippen molar-refractivity contribution in [2.45, 2.75) is 0 Å². The van der Waals surface area contributed by atoms with E-state index < -0.39 is 0 Å². The van der Waals surface area contributed by atoms with Crippen LogP contribution in [-0.2, 0) is 0 Å². The first-order chi connectivity index (χ1) is 5.86. The number of hydrogen-bond donors (Lipinski definition) is 0. The summed E-state index contributed by atoms with van der Waals surface area (Å²) in [6, 6.07) is 9.87. The molecule has 1 aromatic rings. The maximum absolute atomic E-state index is 4.81. The first-order valence-corrected chi connectivity index (χ1v) is 3.99. The molecule has 2 rings (SSSR count). The van der Waals surface area contributed by atoms with Crippen LogP contribution in [0.15, 0.2) is 40.3 Å². The highest BCUT2D eigenvalue weighted by Gasteiger charge is 2.05. The Morgan fingerprint density at radius 3 is 2.42 bits per heavy atom. The van der Waals surface area contributed by atoms with Crippen LogP contribution in [0.1, 0.15) is 5.56 Å². The van der Waals surface area contributed by atoms with Gasteiger partial charge in [0, 0.05) is 5.56 Å². The third-order valence-corrected chi connectivity index (χ3v) is 1.78. The van der Waals surface area contributed by atoms with Crippen LogP contribution in [0.25, 0.3) is 0 Å². The van der Waals surface area contributed by atoms with Gasteiger partial charge >= 0.3 is 0 Å². The van der Waals surface area contributed by atoms with E-state index in [0.717, 1.165) is 11.3 Å². The van der Waals surface area contributed by atoms with Crippen molar-refractivity contribution < 1.29 is 0 Å². The van der Waals surface area contributed by atoms with E-state index in [4.69, 9.17) is 12.2 Å². The SMILES string of the molecule is S=C1N=CC(c2ccccc2)=N1. The van der Waals surface area contributed by atoms with Crippen LogP contribution in [0.5, 0.6) is 0 Å². The molecule has 1 aliphatic rings. The van der Waals surface area contributed by atoms with Crippen molar-refractivity contribution in [2.75, 3.05) is 0 Å². The molecular formula is C9H6N2S. The van der Waals surface area contributed by atoms with E-state index in [1.54, 1.807) is 6.21 Å². The lowest BCUT2D eigenvalue weighted by Gasteiger charge is -1.93. The van der Waals surface area contributed by atoms with Gasteiger partial charge in [0.1, 0.15) is 0 Å². The van der Waals surface area contributed by atoms with Crippen LogP contribution in [0, 0.1) is 0 Å². The summed E-state index contributed by atoms with van der Waals surface area (Å²) in [5, 5.41) is 0.411. The molecule has 0 saturated heterocycles. The smallest absolute Gasteiger partial charge is 0.219 e. The van der Waals surface area contributed by atoms with Gasteiger partial charge in [-0.15, -0.1) is 0 Å². The van der Waals surface area contributed by atoms with Gasteiger partial charge in [-0.3, -0.25) is 0 Å². The van der Waals surface area contributed by atoms with Crippen molar-refractivity contribution in [3.05, 3.63) is 35.9 Å². The molecule has 0 fully saturated rings. The fourth-order valence-corrected chi connectivity index (χ4v) is 1.18. The molecule has 58 valence electrons. The zero-order chi connectivity index (χ0) is 8.39. The van der Waals surface area contributed by atoms with Crippen molar-refractivity contribution in [2.24, 2.45) is 9.98 Å². The third kappa shape index (κ3) is 1.31. The van der Waals surface area contributed by atoms with Gasteiger partial charge in [-0.2, -0.15) is 0 Å². The van der Waals surface area contributed by atoms with Crippen molar-refractivity contribution >= 4 is 29.3 Å². The van der Waals surface area contributed by atoms with E-state index in [2.05, 4.69) is 9.98 Å². The minimum absolute atomic E-state index is 0.411. The summed E-state index contributed by atoms with van der Waals surface area (Å²) >= 11 is 4.81. The molecule has 0 spiro atoms. The Morgan fingerprint density at radius 2 is 1.83 bits per heavy atom. The summed E-state index contributed by atoms with van der Waals surface area (Å²) in [4.78, 5) is 7.98. The number of rotatable bonds is 1. The molecule has 0 unspecified atom stereocenters. The molecule has 1 heterocycles. The van der Waals surface area contributed by atoms with E-state index in [-0.39, 0.29) is 0 Å². The maximum atomic E-state index is 4.81. The van der Waals surface area contributed by atoms with Crippen molar-refractivity contribution in [1.29, 1.82) is 0 Å². The highest BCUT2D eigenvalue weighted by atomic mass is 32.1. The minimum Gasteiger partial charge on any atom is -0.225 e. The number of nitrogens with zero attached hydrogens (tertiary/aromatic N) is 2. The zero-order valence-electron chi connectivity index (χ0n) is 6.27. The predicted octanol–water partition coefficient (Wildman–Crippen LogP) is 1.85. The Labute approximate surface area is 75.7 Å². The average molecular weight is 174 g/mol. The summed E-state index contributed by atoms with van der Waals surface area (Å²) in [6.45, 7) is 0. The summed E-state index contributed by atoms with van der Waals surface area (Å²) < 4.78 is 0. The summed E-state index contributed by atoms with van der Waals surface area (Å²) in [6.07, 6.45) is 1.69. The molecule has 0 atom stereocenters. The van der Waals surface area contributed by atoms with E-state index in [1.807, 2.05) is 30.3 Å². The van der Waals surface area contributed by atoms with Gasteiger partial charge in [-0.05, 0) is 12.2 Å². The van der Waals surface area contributed by atoms with Gasteiger partial charge < -0.3 is 0 Å². The molecule has 0 aliphatic carbocycles. The Kier molecular flexibility index (Phi) is 1.80. The van der Waals surface area contributed by atoms with Gasteiger partial charge in [0.15, 0.2) is 0 Å². The molecule has 0 bridgehead atoms. The Morgan fingerprint density at radius 1 is 1.08 bits per heavy atom. The number of thiocarbonyl (C=S) groups is 1. The first kappa shape index (κ1) is 7.31. The lowest BCUT2D eigenvalue weighted by Crippen LogP contribution is -1.97. The van der Waals surface area contributed by atoms with E-state index >= 15 is 0 Å². The largest absolute Gasteiger partial charge is 0.225 e. The fraction of sp³-hybridized carbons (Fsp3) is 0. The van der Waals surface area contributed by atoms with E-state index in [9.17, 15) is 0 Å². The van der Waals surface area contributed by atoms with Gasteiger partial charge in [-0.1, -0.05) is 30.3 Å². The number of aliphatic imine (C=N–C) groups is 2. The monoisotopic (exact) mass is 174 g/mol. The second kappa shape index (κ2) is 2.95. The zero-order valence-corrected chi connectivity index (χ0v) is 7.08. The predicted molar refractivity (Wildman–Crippen MR) is 54.1 cm³/mol. The fourth-order valence-electron chi connectivity index (χ4n) is 1.03. The van der Waals surface area contributed by atoms with Gasteiger partial charge in [0.25, 0.3) is 0 Å².